The molecule has 0 radical (unpaired) electrons. The summed E-state index contributed by atoms with van der Waals surface area (Å²) < 4.78 is 6.68. The highest BCUT2D eigenvalue weighted by molar-refractivity contribution is 9.10. The Morgan fingerprint density at radius 2 is 2.04 bits per heavy atom. The number of rotatable bonds is 4. The Kier molecular flexibility index (Phi) is 4.48. The monoisotopic (exact) mass is 372 g/mol. The minimum atomic E-state index is -0.134. The maximum Gasteiger partial charge on any atom is 0.251 e. The molecular formula is C18H17BrN2O2. The molecule has 118 valence electrons. The summed E-state index contributed by atoms with van der Waals surface area (Å²) in [5.74, 6) is 0.769. The molecule has 23 heavy (non-hydrogen) atoms. The highest BCUT2D eigenvalue weighted by Gasteiger charge is 2.12. The first kappa shape index (κ1) is 15.7. The van der Waals surface area contributed by atoms with Gasteiger partial charge in [0.15, 0.2) is 11.5 Å². The first-order valence-corrected chi connectivity index (χ1v) is 8.26. The van der Waals surface area contributed by atoms with Crippen molar-refractivity contribution in [1.29, 1.82) is 0 Å². The molecule has 0 bridgehead atoms. The molecular weight excluding hydrogens is 356 g/mol. The smallest absolute Gasteiger partial charge is 0.251 e. The molecule has 0 saturated heterocycles. The van der Waals surface area contributed by atoms with Crippen LogP contribution in [0.15, 0.2) is 51.4 Å². The first-order valence-electron chi connectivity index (χ1n) is 7.46. The van der Waals surface area contributed by atoms with Crippen LogP contribution in [-0.2, 0) is 6.54 Å². The highest BCUT2D eigenvalue weighted by Crippen LogP contribution is 2.22. The molecule has 0 spiro atoms. The van der Waals surface area contributed by atoms with Crippen molar-refractivity contribution in [3.8, 4) is 0 Å². The third-order valence-corrected chi connectivity index (χ3v) is 4.33. The Hall–Kier alpha value is -2.14. The van der Waals surface area contributed by atoms with Gasteiger partial charge in [0.25, 0.3) is 5.91 Å². The normalized spacial score (nSPS) is 11.1. The van der Waals surface area contributed by atoms with Crippen LogP contribution in [0.1, 0.15) is 41.6 Å². The molecule has 3 rings (SSSR count). The Morgan fingerprint density at radius 1 is 1.26 bits per heavy atom. The number of aromatic nitrogens is 1. The van der Waals surface area contributed by atoms with Crippen LogP contribution in [0.3, 0.4) is 0 Å². The third-order valence-electron chi connectivity index (χ3n) is 3.56. The van der Waals surface area contributed by atoms with Gasteiger partial charge in [-0.3, -0.25) is 4.79 Å². The summed E-state index contributed by atoms with van der Waals surface area (Å²) in [5.41, 5.74) is 3.01. The van der Waals surface area contributed by atoms with E-state index in [0.29, 0.717) is 23.6 Å². The number of benzene rings is 2. The average Bonchev–Trinajstić information content (AvgIpc) is 2.97. The maximum absolute atomic E-state index is 12.3. The fourth-order valence-corrected chi connectivity index (χ4v) is 2.67. The SMILES string of the molecule is CC(C)c1nc2ccc(C(=O)NCc3ccccc3Br)cc2o1. The molecule has 0 atom stereocenters. The van der Waals surface area contributed by atoms with Crippen molar-refractivity contribution in [1.82, 2.24) is 10.3 Å². The van der Waals surface area contributed by atoms with Gasteiger partial charge in [-0.2, -0.15) is 0 Å². The van der Waals surface area contributed by atoms with Gasteiger partial charge in [0, 0.05) is 22.5 Å². The van der Waals surface area contributed by atoms with E-state index in [0.717, 1.165) is 15.6 Å². The van der Waals surface area contributed by atoms with E-state index in [1.807, 2.05) is 44.2 Å². The minimum absolute atomic E-state index is 0.134. The molecule has 0 aliphatic rings. The fourth-order valence-electron chi connectivity index (χ4n) is 2.25. The summed E-state index contributed by atoms with van der Waals surface area (Å²) in [5, 5.41) is 2.92. The number of amides is 1. The third kappa shape index (κ3) is 3.45. The molecule has 0 saturated carbocycles. The van der Waals surface area contributed by atoms with Gasteiger partial charge in [-0.05, 0) is 29.8 Å². The van der Waals surface area contributed by atoms with Gasteiger partial charge >= 0.3 is 0 Å². The van der Waals surface area contributed by atoms with E-state index >= 15 is 0 Å². The second kappa shape index (κ2) is 6.54. The molecule has 1 heterocycles. The molecule has 2 aromatic carbocycles. The van der Waals surface area contributed by atoms with Crippen LogP contribution in [0.4, 0.5) is 0 Å². The Morgan fingerprint density at radius 3 is 2.78 bits per heavy atom. The van der Waals surface area contributed by atoms with Gasteiger partial charge in [0.2, 0.25) is 0 Å². The lowest BCUT2D eigenvalue weighted by Gasteiger charge is -2.07. The van der Waals surface area contributed by atoms with E-state index in [1.54, 1.807) is 12.1 Å². The number of hydrogen-bond donors (Lipinski definition) is 1. The van der Waals surface area contributed by atoms with Crippen molar-refractivity contribution in [2.24, 2.45) is 0 Å². The average molecular weight is 373 g/mol. The van der Waals surface area contributed by atoms with Gasteiger partial charge < -0.3 is 9.73 Å². The molecule has 1 amide bonds. The summed E-state index contributed by atoms with van der Waals surface area (Å²) in [6, 6.07) is 13.1. The van der Waals surface area contributed by atoms with E-state index < -0.39 is 0 Å². The van der Waals surface area contributed by atoms with Crippen molar-refractivity contribution in [3.63, 3.8) is 0 Å². The van der Waals surface area contributed by atoms with Crippen molar-refractivity contribution in [3.05, 3.63) is 64.0 Å². The highest BCUT2D eigenvalue weighted by atomic mass is 79.9. The maximum atomic E-state index is 12.3. The molecule has 1 aromatic heterocycles. The van der Waals surface area contributed by atoms with Crippen molar-refractivity contribution >= 4 is 32.9 Å². The van der Waals surface area contributed by atoms with E-state index in [-0.39, 0.29) is 11.8 Å². The molecule has 0 fully saturated rings. The second-order valence-corrected chi connectivity index (χ2v) is 6.52. The zero-order valence-corrected chi connectivity index (χ0v) is 14.6. The Labute approximate surface area is 143 Å². The van der Waals surface area contributed by atoms with E-state index in [2.05, 4.69) is 26.2 Å². The van der Waals surface area contributed by atoms with Gasteiger partial charge in [-0.25, -0.2) is 4.98 Å². The summed E-state index contributed by atoms with van der Waals surface area (Å²) in [6.45, 7) is 4.51. The molecule has 0 aliphatic carbocycles. The molecule has 4 nitrogen and oxygen atoms in total. The van der Waals surface area contributed by atoms with E-state index in [1.165, 1.54) is 0 Å². The molecule has 0 aliphatic heterocycles. The van der Waals surface area contributed by atoms with Crippen LogP contribution in [0.25, 0.3) is 11.1 Å². The summed E-state index contributed by atoms with van der Waals surface area (Å²) >= 11 is 3.48. The lowest BCUT2D eigenvalue weighted by atomic mass is 10.2. The van der Waals surface area contributed by atoms with E-state index in [4.69, 9.17) is 4.42 Å². The summed E-state index contributed by atoms with van der Waals surface area (Å²) in [6.07, 6.45) is 0. The zero-order chi connectivity index (χ0) is 16.4. The molecule has 5 heteroatoms. The summed E-state index contributed by atoms with van der Waals surface area (Å²) in [7, 11) is 0. The van der Waals surface area contributed by atoms with Gasteiger partial charge in [0.05, 0.1) is 0 Å². The van der Waals surface area contributed by atoms with Crippen molar-refractivity contribution < 1.29 is 9.21 Å². The van der Waals surface area contributed by atoms with Crippen LogP contribution in [0, 0.1) is 0 Å². The fraction of sp³-hybridized carbons (Fsp3) is 0.222. The predicted molar refractivity (Wildman–Crippen MR) is 93.4 cm³/mol. The van der Waals surface area contributed by atoms with Gasteiger partial charge in [-0.1, -0.05) is 48.0 Å². The topological polar surface area (TPSA) is 55.1 Å². The van der Waals surface area contributed by atoms with Crippen LogP contribution >= 0.6 is 15.9 Å². The number of halogens is 1. The van der Waals surface area contributed by atoms with Crippen molar-refractivity contribution in [2.45, 2.75) is 26.3 Å². The van der Waals surface area contributed by atoms with Crippen LogP contribution in [0.5, 0.6) is 0 Å². The Balaban J connectivity index is 1.77. The second-order valence-electron chi connectivity index (χ2n) is 5.66. The van der Waals surface area contributed by atoms with Gasteiger partial charge in [-0.15, -0.1) is 0 Å². The zero-order valence-electron chi connectivity index (χ0n) is 13.0. The van der Waals surface area contributed by atoms with E-state index in [9.17, 15) is 4.79 Å². The molecule has 1 N–H and O–H groups in total. The number of hydrogen-bond acceptors (Lipinski definition) is 3. The lowest BCUT2D eigenvalue weighted by Crippen LogP contribution is -2.22. The Bertz CT molecular complexity index is 855. The number of carbonyl (C=O) groups excluding carboxylic acids is 1. The van der Waals surface area contributed by atoms with Gasteiger partial charge in [0.1, 0.15) is 5.52 Å². The first-order chi connectivity index (χ1) is 11.0. The number of nitrogens with zero attached hydrogens (tertiary/aromatic N) is 1. The molecule has 3 aromatic rings. The number of oxazole rings is 1. The van der Waals surface area contributed by atoms with Crippen molar-refractivity contribution in [2.75, 3.05) is 0 Å². The summed E-state index contributed by atoms with van der Waals surface area (Å²) in [4.78, 5) is 16.7. The number of nitrogens with one attached hydrogen (secondary N) is 1. The minimum Gasteiger partial charge on any atom is -0.440 e. The van der Waals surface area contributed by atoms with Crippen LogP contribution in [-0.4, -0.2) is 10.9 Å². The lowest BCUT2D eigenvalue weighted by molar-refractivity contribution is 0.0951. The quantitative estimate of drug-likeness (QED) is 0.725. The number of carbonyl (C=O) groups is 1. The largest absolute Gasteiger partial charge is 0.440 e. The predicted octanol–water partition coefficient (Wildman–Crippen LogP) is 4.64. The van der Waals surface area contributed by atoms with Crippen LogP contribution in [0.2, 0.25) is 0 Å². The standard InChI is InChI=1S/C18H17BrN2O2/c1-11(2)18-21-15-8-7-12(9-16(15)23-18)17(22)20-10-13-5-3-4-6-14(13)19/h3-9,11H,10H2,1-2H3,(H,20,22). The molecule has 0 unspecified atom stereocenters. The number of fused-ring (bicyclic) bond motifs is 1. The van der Waals surface area contributed by atoms with Crippen LogP contribution < -0.4 is 5.32 Å².